The van der Waals surface area contributed by atoms with E-state index in [2.05, 4.69) is 15.5 Å². The molecule has 1 heterocycles. The quantitative estimate of drug-likeness (QED) is 0.0417. The van der Waals surface area contributed by atoms with Gasteiger partial charge in [-0.25, -0.2) is 14.6 Å². The number of benzene rings is 2. The number of carbonyl (C=O) groups is 5. The first-order valence-electron chi connectivity index (χ1n) is 13.3. The lowest BCUT2D eigenvalue weighted by molar-refractivity contribution is -0.152. The molecule has 240 valence electrons. The normalized spacial score (nSPS) is 16.2. The second kappa shape index (κ2) is 14.8. The molecule has 17 nitrogen and oxygen atoms in total. The van der Waals surface area contributed by atoms with Gasteiger partial charge in [-0.05, 0) is 54.4 Å². The van der Waals surface area contributed by atoms with Crippen LogP contribution in [0, 0.1) is 0 Å². The third-order valence-corrected chi connectivity index (χ3v) is 6.39. The van der Waals surface area contributed by atoms with Gasteiger partial charge < -0.3 is 51.9 Å². The van der Waals surface area contributed by atoms with Crippen LogP contribution in [-0.4, -0.2) is 84.9 Å². The zero-order chi connectivity index (χ0) is 33.3. The number of nitrogens with one attached hydrogen (secondary N) is 1. The fourth-order valence-electron chi connectivity index (χ4n) is 4.48. The number of carboxylic acid groups (broad SMARTS) is 3. The molecule has 1 unspecified atom stereocenters. The van der Waals surface area contributed by atoms with Crippen molar-refractivity contribution in [1.29, 1.82) is 0 Å². The molecular formula is C28H31N5O12. The SMILES string of the molecule is NC(N)=Nc1ccc(C(=O)Oc2cc(CCC(=O)N[C@@H](CC(=O)O)C(=O)O)cc(C3=NOC(CC(=O)O)(CC(O)O)C3)c2)cc1. The minimum Gasteiger partial charge on any atom is -0.481 e. The van der Waals surface area contributed by atoms with E-state index in [4.69, 9.17) is 26.1 Å². The molecule has 0 bridgehead atoms. The van der Waals surface area contributed by atoms with Gasteiger partial charge in [0.25, 0.3) is 0 Å². The van der Waals surface area contributed by atoms with E-state index in [-0.39, 0.29) is 42.2 Å². The molecule has 1 amide bonds. The predicted molar refractivity (Wildman–Crippen MR) is 154 cm³/mol. The fourth-order valence-corrected chi connectivity index (χ4v) is 4.48. The number of aryl methyl sites for hydroxylation is 1. The third-order valence-electron chi connectivity index (χ3n) is 6.39. The van der Waals surface area contributed by atoms with E-state index in [1.807, 2.05) is 0 Å². The minimum absolute atomic E-state index is 0.00359. The van der Waals surface area contributed by atoms with Gasteiger partial charge in [0.2, 0.25) is 5.91 Å². The van der Waals surface area contributed by atoms with E-state index >= 15 is 0 Å². The number of hydrogen-bond donors (Lipinski definition) is 8. The predicted octanol–water partition coefficient (Wildman–Crippen LogP) is -0.174. The summed E-state index contributed by atoms with van der Waals surface area (Å²) in [6.07, 6.45) is -4.26. The average molecular weight is 630 g/mol. The minimum atomic E-state index is -1.89. The van der Waals surface area contributed by atoms with Gasteiger partial charge in [0.1, 0.15) is 11.8 Å². The average Bonchev–Trinajstić information content (AvgIpc) is 3.33. The van der Waals surface area contributed by atoms with Crippen LogP contribution >= 0.6 is 0 Å². The second-order valence-electron chi connectivity index (χ2n) is 10.1. The van der Waals surface area contributed by atoms with Gasteiger partial charge in [-0.3, -0.25) is 14.4 Å². The molecule has 0 fully saturated rings. The molecule has 10 N–H and O–H groups in total. The lowest BCUT2D eigenvalue weighted by Crippen LogP contribution is -2.42. The molecule has 3 rings (SSSR count). The molecular weight excluding hydrogens is 598 g/mol. The molecule has 2 aromatic rings. The largest absolute Gasteiger partial charge is 0.481 e. The number of rotatable bonds is 15. The number of hydrogen-bond acceptors (Lipinski definition) is 11. The Morgan fingerprint density at radius 1 is 1.02 bits per heavy atom. The summed E-state index contributed by atoms with van der Waals surface area (Å²) >= 11 is 0. The Labute approximate surface area is 254 Å². The Morgan fingerprint density at radius 3 is 2.29 bits per heavy atom. The maximum absolute atomic E-state index is 12.9. The molecule has 0 aliphatic carbocycles. The van der Waals surface area contributed by atoms with E-state index in [1.54, 1.807) is 6.07 Å². The first-order chi connectivity index (χ1) is 21.1. The van der Waals surface area contributed by atoms with Crippen molar-refractivity contribution in [2.45, 2.75) is 56.5 Å². The molecule has 2 atom stereocenters. The van der Waals surface area contributed by atoms with Gasteiger partial charge >= 0.3 is 23.9 Å². The van der Waals surface area contributed by atoms with Crippen LogP contribution in [0.3, 0.4) is 0 Å². The number of nitrogens with two attached hydrogens (primary N) is 2. The van der Waals surface area contributed by atoms with E-state index < -0.39 is 67.0 Å². The second-order valence-corrected chi connectivity index (χ2v) is 10.1. The zero-order valence-corrected chi connectivity index (χ0v) is 23.6. The Balaban J connectivity index is 1.88. The number of aliphatic hydroxyl groups excluding tert-OH is 1. The highest BCUT2D eigenvalue weighted by Crippen LogP contribution is 2.35. The van der Waals surface area contributed by atoms with Gasteiger partial charge in [-0.2, -0.15) is 0 Å². The van der Waals surface area contributed by atoms with Crippen molar-refractivity contribution in [2.24, 2.45) is 21.6 Å². The third kappa shape index (κ3) is 10.3. The molecule has 0 aromatic heterocycles. The Morgan fingerprint density at radius 2 is 1.71 bits per heavy atom. The molecule has 0 saturated heterocycles. The number of aliphatic hydroxyl groups is 2. The summed E-state index contributed by atoms with van der Waals surface area (Å²) in [6, 6.07) is 8.56. The lowest BCUT2D eigenvalue weighted by atomic mass is 9.87. The summed E-state index contributed by atoms with van der Waals surface area (Å²) in [5.74, 6) is -5.93. The molecule has 0 saturated carbocycles. The summed E-state index contributed by atoms with van der Waals surface area (Å²) in [4.78, 5) is 68.4. The Bertz CT molecular complexity index is 1520. The van der Waals surface area contributed by atoms with Crippen molar-refractivity contribution in [1.82, 2.24) is 5.32 Å². The summed E-state index contributed by atoms with van der Waals surface area (Å²) in [5.41, 5.74) is 10.6. The molecule has 1 aliphatic heterocycles. The lowest BCUT2D eigenvalue weighted by Gasteiger charge is -2.25. The number of amides is 1. The summed E-state index contributed by atoms with van der Waals surface area (Å²) < 4.78 is 5.55. The van der Waals surface area contributed by atoms with Crippen molar-refractivity contribution in [3.05, 3.63) is 59.2 Å². The molecule has 0 spiro atoms. The maximum Gasteiger partial charge on any atom is 0.343 e. The van der Waals surface area contributed by atoms with Crippen LogP contribution < -0.4 is 21.5 Å². The summed E-state index contributed by atoms with van der Waals surface area (Å²) in [5, 5.41) is 52.6. The number of aliphatic imine (C=N–C) groups is 1. The number of guanidine groups is 1. The number of aliphatic carboxylic acids is 3. The van der Waals surface area contributed by atoms with Crippen LogP contribution in [0.4, 0.5) is 5.69 Å². The van der Waals surface area contributed by atoms with Crippen LogP contribution in [0.1, 0.15) is 53.6 Å². The first kappa shape index (κ1) is 33.9. The van der Waals surface area contributed by atoms with Crippen LogP contribution in [-0.2, 0) is 30.4 Å². The van der Waals surface area contributed by atoms with Crippen LogP contribution in [0.2, 0.25) is 0 Å². The molecule has 0 radical (unpaired) electrons. The van der Waals surface area contributed by atoms with E-state index in [9.17, 15) is 44.4 Å². The van der Waals surface area contributed by atoms with Gasteiger partial charge in [0.15, 0.2) is 17.9 Å². The topological polar surface area (TPSA) is 294 Å². The zero-order valence-electron chi connectivity index (χ0n) is 23.6. The van der Waals surface area contributed by atoms with E-state index in [0.717, 1.165) is 0 Å². The van der Waals surface area contributed by atoms with Crippen LogP contribution in [0.25, 0.3) is 0 Å². The van der Waals surface area contributed by atoms with E-state index in [1.165, 1.54) is 36.4 Å². The van der Waals surface area contributed by atoms with Crippen LogP contribution in [0.5, 0.6) is 5.75 Å². The molecule has 2 aromatic carbocycles. The smallest absolute Gasteiger partial charge is 0.343 e. The number of ether oxygens (including phenoxy) is 1. The van der Waals surface area contributed by atoms with Gasteiger partial charge in [0.05, 0.1) is 29.8 Å². The number of carbonyl (C=O) groups excluding carboxylic acids is 2. The number of esters is 1. The molecule has 17 heteroatoms. The van der Waals surface area contributed by atoms with Crippen molar-refractivity contribution in [3.8, 4) is 5.75 Å². The fraction of sp³-hybridized carbons (Fsp3) is 0.321. The summed E-state index contributed by atoms with van der Waals surface area (Å²) in [6.45, 7) is 0. The highest BCUT2D eigenvalue weighted by Gasteiger charge is 2.43. The monoisotopic (exact) mass is 629 g/mol. The number of carboxylic acids is 3. The van der Waals surface area contributed by atoms with Gasteiger partial charge in [-0.15, -0.1) is 0 Å². The molecule has 1 aliphatic rings. The van der Waals surface area contributed by atoms with E-state index in [0.29, 0.717) is 16.8 Å². The van der Waals surface area contributed by atoms with Crippen molar-refractivity contribution >= 4 is 47.1 Å². The van der Waals surface area contributed by atoms with Crippen molar-refractivity contribution < 1.29 is 59.1 Å². The highest BCUT2D eigenvalue weighted by molar-refractivity contribution is 6.02. The Hall–Kier alpha value is -5.55. The summed E-state index contributed by atoms with van der Waals surface area (Å²) in [7, 11) is 0. The number of oxime groups is 1. The van der Waals surface area contributed by atoms with Crippen LogP contribution in [0.15, 0.2) is 52.6 Å². The maximum atomic E-state index is 12.9. The number of nitrogens with zero attached hydrogens (tertiary/aromatic N) is 2. The van der Waals surface area contributed by atoms with Crippen molar-refractivity contribution in [3.63, 3.8) is 0 Å². The highest BCUT2D eigenvalue weighted by atomic mass is 16.7. The molecule has 45 heavy (non-hydrogen) atoms. The first-order valence-corrected chi connectivity index (χ1v) is 13.3. The van der Waals surface area contributed by atoms with Gasteiger partial charge in [0, 0.05) is 24.8 Å². The van der Waals surface area contributed by atoms with Crippen molar-refractivity contribution in [2.75, 3.05) is 0 Å². The van der Waals surface area contributed by atoms with Gasteiger partial charge in [-0.1, -0.05) is 5.16 Å². The standard InChI is InChI=1S/C28H31N5O12/c29-27(30)31-17-4-2-15(3-5-17)26(43)44-18-8-14(1-6-21(34)32-19(25(41)42)10-22(35)36)7-16(9-18)20-11-28(45-33-20,12-23(37)38)13-24(39)40/h2-5,7-9,19,23,37-38H,1,6,10-13H2,(H,32,34)(H,35,36)(H,39,40)(H,41,42)(H4,29,30,31)/t19-,28?/m0/s1. The Kier molecular flexibility index (Phi) is 11.1.